The van der Waals surface area contributed by atoms with E-state index in [0.29, 0.717) is 0 Å². The van der Waals surface area contributed by atoms with Crippen LogP contribution < -0.4 is 0 Å². The average molecular weight is 150 g/mol. The van der Waals surface area contributed by atoms with Gasteiger partial charge in [0.2, 0.25) is 0 Å². The molecule has 0 amide bonds. The molecule has 1 nitrogen and oxygen atoms in total. The highest BCUT2D eigenvalue weighted by Crippen LogP contribution is 2.65. The molecule has 0 bridgehead atoms. The van der Waals surface area contributed by atoms with Crippen molar-refractivity contribution in [2.45, 2.75) is 25.7 Å². The van der Waals surface area contributed by atoms with E-state index in [4.69, 9.17) is 4.52 Å². The summed E-state index contributed by atoms with van der Waals surface area (Å²) in [5.41, 5.74) is 0. The van der Waals surface area contributed by atoms with Crippen molar-refractivity contribution < 1.29 is 4.52 Å². The summed E-state index contributed by atoms with van der Waals surface area (Å²) in [5, 5.41) is 0.972. The number of rotatable bonds is 3. The molecule has 48 valence electrons. The predicted molar refractivity (Wildman–Crippen MR) is 40.9 cm³/mol. The molecular weight excluding hydrogens is 138 g/mol. The summed E-state index contributed by atoms with van der Waals surface area (Å²) >= 11 is 0. The van der Waals surface area contributed by atoms with Gasteiger partial charge in [0.1, 0.15) is 0 Å². The van der Waals surface area contributed by atoms with Crippen LogP contribution in [0.4, 0.5) is 0 Å². The van der Waals surface area contributed by atoms with E-state index in [1.165, 1.54) is 6.42 Å². The van der Waals surface area contributed by atoms with Crippen molar-refractivity contribution in [2.24, 2.45) is 0 Å². The first kappa shape index (κ1) is 6.81. The minimum absolute atomic E-state index is 0.253. The maximum atomic E-state index is 5.45. The zero-order chi connectivity index (χ0) is 5.98. The Hall–Kier alpha value is 0.690. The zero-order valence-corrected chi connectivity index (χ0v) is 7.24. The lowest BCUT2D eigenvalue weighted by Gasteiger charge is -1.93. The third-order valence-electron chi connectivity index (χ3n) is 1.18. The number of hydrogen-bond acceptors (Lipinski definition) is 1. The van der Waals surface area contributed by atoms with E-state index in [-0.39, 0.29) is 7.44 Å². The molecule has 0 saturated heterocycles. The Morgan fingerprint density at radius 1 is 1.62 bits per heavy atom. The van der Waals surface area contributed by atoms with Gasteiger partial charge in [-0.2, -0.15) is 0 Å². The molecule has 0 spiro atoms. The van der Waals surface area contributed by atoms with Crippen LogP contribution in [0.25, 0.3) is 0 Å². The van der Waals surface area contributed by atoms with Gasteiger partial charge in [-0.25, -0.2) is 0 Å². The molecule has 0 radical (unpaired) electrons. The zero-order valence-electron chi connectivity index (χ0n) is 5.35. The van der Waals surface area contributed by atoms with Crippen molar-refractivity contribution in [2.75, 3.05) is 6.61 Å². The summed E-state index contributed by atoms with van der Waals surface area (Å²) in [6.45, 7) is 5.25. The van der Waals surface area contributed by atoms with E-state index in [2.05, 4.69) is 13.8 Å². The maximum Gasteiger partial charge on any atom is 0.0480 e. The second-order valence-corrected chi connectivity index (χ2v) is 6.95. The quantitative estimate of drug-likeness (QED) is 0.562. The van der Waals surface area contributed by atoms with Crippen molar-refractivity contribution in [3.63, 3.8) is 0 Å². The maximum absolute atomic E-state index is 5.45. The van der Waals surface area contributed by atoms with Crippen LogP contribution in [0.5, 0.6) is 0 Å². The fourth-order valence-electron chi connectivity index (χ4n) is 0.664. The Balaban J connectivity index is 2.06. The van der Waals surface area contributed by atoms with Gasteiger partial charge in [-0.15, -0.1) is 0 Å². The van der Waals surface area contributed by atoms with Gasteiger partial charge in [0, 0.05) is 19.4 Å². The molecule has 1 rings (SSSR count). The van der Waals surface area contributed by atoms with E-state index >= 15 is 0 Å². The molecule has 1 aliphatic rings. The van der Waals surface area contributed by atoms with Gasteiger partial charge in [0.05, 0.1) is 0 Å². The van der Waals surface area contributed by atoms with E-state index in [0.717, 1.165) is 12.0 Å². The summed E-state index contributed by atoms with van der Waals surface area (Å²) in [6.07, 6.45) is 1.33. The Kier molecular flexibility index (Phi) is 2.56. The lowest BCUT2D eigenvalue weighted by Crippen LogP contribution is -1.77. The normalized spacial score (nSPS) is 36.2. The second-order valence-electron chi connectivity index (χ2n) is 1.82. The molecule has 0 fully saturated rings. The van der Waals surface area contributed by atoms with Crippen molar-refractivity contribution in [1.29, 1.82) is 0 Å². The highest BCUT2D eigenvalue weighted by molar-refractivity contribution is 8.09. The summed E-state index contributed by atoms with van der Waals surface area (Å²) in [4.78, 5) is 0. The van der Waals surface area contributed by atoms with Gasteiger partial charge in [-0.1, -0.05) is 14.8 Å². The van der Waals surface area contributed by atoms with Crippen molar-refractivity contribution in [1.82, 2.24) is 0 Å². The lowest BCUT2D eigenvalue weighted by molar-refractivity contribution is 0.389. The van der Waals surface area contributed by atoms with Crippen molar-refractivity contribution >= 4 is 15.3 Å². The van der Waals surface area contributed by atoms with E-state index in [1.807, 2.05) is 0 Å². The van der Waals surface area contributed by atoms with E-state index in [9.17, 15) is 0 Å². The van der Waals surface area contributed by atoms with Crippen LogP contribution in [-0.4, -0.2) is 12.0 Å². The van der Waals surface area contributed by atoms with Crippen LogP contribution in [-0.2, 0) is 4.52 Å². The first-order valence-corrected chi connectivity index (χ1v) is 6.38. The molecule has 0 saturated carbocycles. The van der Waals surface area contributed by atoms with Gasteiger partial charge < -0.3 is 4.52 Å². The van der Waals surface area contributed by atoms with Crippen LogP contribution in [0.1, 0.15) is 20.3 Å². The summed E-state index contributed by atoms with van der Waals surface area (Å²) < 4.78 is 5.45. The molecule has 1 aliphatic heterocycles. The minimum atomic E-state index is -0.253. The Bertz CT molecular complexity index is 111. The fraction of sp³-hybridized carbons (Fsp3) is 1.00. The molecule has 0 aliphatic carbocycles. The predicted octanol–water partition coefficient (Wildman–Crippen LogP) is 2.76. The van der Waals surface area contributed by atoms with Crippen molar-refractivity contribution in [3.05, 3.63) is 0 Å². The molecule has 8 heavy (non-hydrogen) atoms. The Morgan fingerprint density at radius 2 is 2.38 bits per heavy atom. The molecule has 0 aromatic heterocycles. The SMILES string of the molecule is CCO[PH]1=PC1CC. The molecule has 0 N–H and O–H groups in total. The minimum Gasteiger partial charge on any atom is -0.360 e. The summed E-state index contributed by atoms with van der Waals surface area (Å²) in [6, 6.07) is 0. The monoisotopic (exact) mass is 150 g/mol. The highest BCUT2D eigenvalue weighted by Gasteiger charge is 2.21. The van der Waals surface area contributed by atoms with Gasteiger partial charge in [-0.05, 0) is 13.3 Å². The topological polar surface area (TPSA) is 9.23 Å². The molecule has 2 unspecified atom stereocenters. The average Bonchev–Trinajstić information content (AvgIpc) is 2.48. The van der Waals surface area contributed by atoms with E-state index < -0.39 is 0 Å². The van der Waals surface area contributed by atoms with Gasteiger partial charge in [-0.3, -0.25) is 0 Å². The number of hydrogen-bond donors (Lipinski definition) is 0. The van der Waals surface area contributed by atoms with Crippen LogP contribution >= 0.6 is 15.3 Å². The largest absolute Gasteiger partial charge is 0.360 e. The van der Waals surface area contributed by atoms with Crippen LogP contribution in [0.15, 0.2) is 0 Å². The fourth-order valence-corrected chi connectivity index (χ4v) is 5.09. The molecule has 0 aromatic carbocycles. The molecular formula is C5H12OP2. The standard InChI is InChI=1S/C5H12OP2/c1-3-5-7-8(5)6-4-2/h5,8H,3-4H2,1-2H3. The van der Waals surface area contributed by atoms with E-state index in [1.54, 1.807) is 7.87 Å². The Morgan fingerprint density at radius 3 is 2.75 bits per heavy atom. The summed E-state index contributed by atoms with van der Waals surface area (Å²) in [7, 11) is 1.37. The van der Waals surface area contributed by atoms with Crippen molar-refractivity contribution in [3.8, 4) is 0 Å². The summed E-state index contributed by atoms with van der Waals surface area (Å²) in [5.74, 6) is 0. The first-order valence-electron chi connectivity index (χ1n) is 3.09. The second kappa shape index (κ2) is 3.01. The third-order valence-corrected chi connectivity index (χ3v) is 6.43. The van der Waals surface area contributed by atoms with Gasteiger partial charge >= 0.3 is 0 Å². The van der Waals surface area contributed by atoms with Gasteiger partial charge in [0.15, 0.2) is 0 Å². The Labute approximate surface area is 52.9 Å². The molecule has 3 heteroatoms. The van der Waals surface area contributed by atoms with Crippen LogP contribution in [0.3, 0.4) is 0 Å². The molecule has 1 heterocycles. The highest BCUT2D eigenvalue weighted by atomic mass is 31.8. The van der Waals surface area contributed by atoms with Crippen LogP contribution in [0, 0.1) is 0 Å². The lowest BCUT2D eigenvalue weighted by atomic mass is 10.6. The molecule has 0 aromatic rings. The first-order chi connectivity index (χ1) is 3.88. The smallest absolute Gasteiger partial charge is 0.0480 e. The van der Waals surface area contributed by atoms with Gasteiger partial charge in [0.25, 0.3) is 0 Å². The third kappa shape index (κ3) is 1.58. The van der Waals surface area contributed by atoms with Crippen LogP contribution in [0.2, 0.25) is 0 Å². The molecule has 2 atom stereocenters.